The maximum Gasteiger partial charge on any atom is 0.416 e. The van der Waals surface area contributed by atoms with Gasteiger partial charge in [-0.2, -0.15) is 26.3 Å². The van der Waals surface area contributed by atoms with Crippen LogP contribution < -0.4 is 9.47 Å². The zero-order chi connectivity index (χ0) is 27.1. The van der Waals surface area contributed by atoms with Crippen molar-refractivity contribution >= 4 is 12.2 Å². The molecule has 196 valence electrons. The van der Waals surface area contributed by atoms with Gasteiger partial charge < -0.3 is 19.4 Å². The van der Waals surface area contributed by atoms with E-state index in [0.29, 0.717) is 0 Å². The van der Waals surface area contributed by atoms with E-state index in [9.17, 15) is 31.1 Å². The topological polar surface area (TPSA) is 77.4 Å². The number of halogens is 6. The maximum absolute atomic E-state index is 13.0. The fourth-order valence-corrected chi connectivity index (χ4v) is 3.08. The van der Waals surface area contributed by atoms with Gasteiger partial charge in [-0.1, -0.05) is 35.5 Å². The fourth-order valence-electron chi connectivity index (χ4n) is 3.08. The highest BCUT2D eigenvalue weighted by molar-refractivity contribution is 5.84. The quantitative estimate of drug-likeness (QED) is 0.190. The summed E-state index contributed by atoms with van der Waals surface area (Å²) >= 11 is 0. The van der Waals surface area contributed by atoms with Crippen molar-refractivity contribution < 1.29 is 50.6 Å². The molecule has 0 radical (unpaired) electrons. The Morgan fingerprint density at radius 1 is 0.811 bits per heavy atom. The Morgan fingerprint density at radius 3 is 1.89 bits per heavy atom. The fraction of sp³-hybridized carbons (Fsp3) is 0.200. The second-order valence-corrected chi connectivity index (χ2v) is 7.55. The first-order valence-electron chi connectivity index (χ1n) is 10.5. The Labute approximate surface area is 206 Å². The van der Waals surface area contributed by atoms with Crippen molar-refractivity contribution in [2.75, 3.05) is 6.61 Å². The lowest BCUT2D eigenvalue weighted by molar-refractivity contribution is -0.142. The van der Waals surface area contributed by atoms with Crippen molar-refractivity contribution in [3.63, 3.8) is 0 Å². The number of alkyl halides is 6. The summed E-state index contributed by atoms with van der Waals surface area (Å²) in [5.74, 6) is -1.20. The molecule has 3 rings (SSSR count). The van der Waals surface area contributed by atoms with Crippen LogP contribution in [0.25, 0.3) is 0 Å². The van der Waals surface area contributed by atoms with Crippen LogP contribution in [0.4, 0.5) is 26.3 Å². The van der Waals surface area contributed by atoms with Gasteiger partial charge in [0.1, 0.15) is 13.2 Å². The van der Waals surface area contributed by atoms with Gasteiger partial charge in [0.25, 0.3) is 0 Å². The van der Waals surface area contributed by atoms with Crippen LogP contribution in [0.2, 0.25) is 0 Å². The zero-order valence-corrected chi connectivity index (χ0v) is 18.8. The molecule has 0 amide bonds. The number of oxime groups is 1. The number of hydrogen-bond acceptors (Lipinski definition) is 5. The number of rotatable bonds is 10. The number of carbonyl (C=O) groups is 1. The van der Waals surface area contributed by atoms with E-state index < -0.39 is 36.1 Å². The molecule has 0 aliphatic rings. The monoisotopic (exact) mass is 527 g/mol. The standard InChI is InChI=1S/C25H19F6NO5/c26-24(27,28)19-7-1-4-16(10-19)13-35-21-9-3-6-18(12-32-37-15-22(33)34)23(21)36-14-17-5-2-8-20(11-17)25(29,30)31/h1-12H,13-15H2,(H,33,34)/b32-12+. The Morgan fingerprint density at radius 2 is 1.35 bits per heavy atom. The summed E-state index contributed by atoms with van der Waals surface area (Å²) in [6, 6.07) is 13.4. The lowest BCUT2D eigenvalue weighted by Crippen LogP contribution is -2.08. The first-order valence-corrected chi connectivity index (χ1v) is 10.5. The molecule has 3 aromatic carbocycles. The van der Waals surface area contributed by atoms with Crippen molar-refractivity contribution in [2.24, 2.45) is 5.16 Å². The Kier molecular flexibility index (Phi) is 8.64. The Bertz CT molecular complexity index is 1260. The molecule has 0 heterocycles. The van der Waals surface area contributed by atoms with Crippen LogP contribution in [0.1, 0.15) is 27.8 Å². The molecule has 0 atom stereocenters. The van der Waals surface area contributed by atoms with Gasteiger partial charge in [0.2, 0.25) is 6.61 Å². The Balaban J connectivity index is 1.85. The van der Waals surface area contributed by atoms with Crippen LogP contribution in [0, 0.1) is 0 Å². The molecule has 1 N–H and O–H groups in total. The molecule has 37 heavy (non-hydrogen) atoms. The van der Waals surface area contributed by atoms with Gasteiger partial charge in [-0.3, -0.25) is 0 Å². The van der Waals surface area contributed by atoms with Crippen molar-refractivity contribution in [3.8, 4) is 11.5 Å². The largest absolute Gasteiger partial charge is 0.485 e. The van der Waals surface area contributed by atoms with E-state index in [4.69, 9.17) is 14.6 Å². The summed E-state index contributed by atoms with van der Waals surface area (Å²) < 4.78 is 89.6. The summed E-state index contributed by atoms with van der Waals surface area (Å²) in [5, 5.41) is 12.2. The number of nitrogens with zero attached hydrogens (tertiary/aromatic N) is 1. The second kappa shape index (κ2) is 11.7. The lowest BCUT2D eigenvalue weighted by Gasteiger charge is -2.16. The summed E-state index contributed by atoms with van der Waals surface area (Å²) in [5.41, 5.74) is -1.11. The normalized spacial score (nSPS) is 11.9. The van der Waals surface area contributed by atoms with Crippen LogP contribution in [-0.2, 0) is 35.2 Å². The second-order valence-electron chi connectivity index (χ2n) is 7.55. The van der Waals surface area contributed by atoms with Crippen molar-refractivity contribution in [1.29, 1.82) is 0 Å². The van der Waals surface area contributed by atoms with Crippen LogP contribution in [-0.4, -0.2) is 23.9 Å². The van der Waals surface area contributed by atoms with E-state index in [1.807, 2.05) is 0 Å². The van der Waals surface area contributed by atoms with Gasteiger partial charge >= 0.3 is 18.3 Å². The number of hydrogen-bond donors (Lipinski definition) is 1. The molecule has 0 aliphatic heterocycles. The smallest absolute Gasteiger partial charge is 0.416 e. The van der Waals surface area contributed by atoms with Gasteiger partial charge in [0.15, 0.2) is 11.5 Å². The number of para-hydroxylation sites is 1. The minimum absolute atomic E-state index is 0.00885. The molecule has 0 aliphatic carbocycles. The summed E-state index contributed by atoms with van der Waals surface area (Å²) in [6.07, 6.45) is -7.98. The predicted molar refractivity (Wildman–Crippen MR) is 119 cm³/mol. The predicted octanol–water partition coefficient (Wildman–Crippen LogP) is 6.32. The zero-order valence-electron chi connectivity index (χ0n) is 18.8. The average Bonchev–Trinajstić information content (AvgIpc) is 2.84. The minimum atomic E-state index is -4.55. The van der Waals surface area contributed by atoms with Crippen LogP contribution in [0.15, 0.2) is 71.9 Å². The molecular weight excluding hydrogens is 508 g/mol. The number of carboxylic acids is 1. The molecule has 0 spiro atoms. The maximum atomic E-state index is 13.0. The number of aliphatic carboxylic acids is 1. The van der Waals surface area contributed by atoms with E-state index in [0.717, 1.165) is 30.5 Å². The van der Waals surface area contributed by atoms with Crippen LogP contribution in [0.3, 0.4) is 0 Å². The number of ether oxygens (including phenoxy) is 2. The molecule has 0 unspecified atom stereocenters. The third kappa shape index (κ3) is 8.16. The highest BCUT2D eigenvalue weighted by Gasteiger charge is 2.31. The summed E-state index contributed by atoms with van der Waals surface area (Å²) in [4.78, 5) is 15.2. The van der Waals surface area contributed by atoms with E-state index in [1.54, 1.807) is 0 Å². The minimum Gasteiger partial charge on any atom is -0.485 e. The van der Waals surface area contributed by atoms with Gasteiger partial charge in [-0.05, 0) is 47.5 Å². The SMILES string of the molecule is O=C(O)CO/N=C/c1cccc(OCc2cccc(C(F)(F)F)c2)c1OCc1cccc(C(F)(F)F)c1. The van der Waals surface area contributed by atoms with Gasteiger partial charge in [0.05, 0.1) is 17.3 Å². The van der Waals surface area contributed by atoms with Crippen molar-refractivity contribution in [1.82, 2.24) is 0 Å². The van der Waals surface area contributed by atoms with Crippen molar-refractivity contribution in [3.05, 3.63) is 94.5 Å². The highest BCUT2D eigenvalue weighted by atomic mass is 19.4. The average molecular weight is 527 g/mol. The third-order valence-electron chi connectivity index (χ3n) is 4.75. The molecule has 0 saturated heterocycles. The summed E-state index contributed by atoms with van der Waals surface area (Å²) in [7, 11) is 0. The van der Waals surface area contributed by atoms with Gasteiger partial charge in [0, 0.05) is 5.56 Å². The molecule has 0 aromatic heterocycles. The van der Waals surface area contributed by atoms with E-state index in [-0.39, 0.29) is 41.4 Å². The van der Waals surface area contributed by atoms with Crippen LogP contribution in [0.5, 0.6) is 11.5 Å². The first-order chi connectivity index (χ1) is 17.4. The van der Waals surface area contributed by atoms with Crippen LogP contribution >= 0.6 is 0 Å². The van der Waals surface area contributed by atoms with E-state index in [1.165, 1.54) is 42.5 Å². The number of carboxylic acid groups (broad SMARTS) is 1. The molecule has 0 bridgehead atoms. The third-order valence-corrected chi connectivity index (χ3v) is 4.75. The molecule has 3 aromatic rings. The molecule has 6 nitrogen and oxygen atoms in total. The Hall–Kier alpha value is -4.22. The first kappa shape index (κ1) is 27.4. The lowest BCUT2D eigenvalue weighted by atomic mass is 10.1. The van der Waals surface area contributed by atoms with E-state index >= 15 is 0 Å². The van der Waals surface area contributed by atoms with E-state index in [2.05, 4.69) is 9.99 Å². The highest BCUT2D eigenvalue weighted by Crippen LogP contribution is 2.34. The molecule has 0 saturated carbocycles. The number of benzene rings is 3. The molecule has 0 fully saturated rings. The van der Waals surface area contributed by atoms with Gasteiger partial charge in [-0.25, -0.2) is 4.79 Å². The molecule has 12 heteroatoms. The van der Waals surface area contributed by atoms with Crippen molar-refractivity contribution in [2.45, 2.75) is 25.6 Å². The molecular formula is C25H19F6NO5. The van der Waals surface area contributed by atoms with Gasteiger partial charge in [-0.15, -0.1) is 0 Å². The summed E-state index contributed by atoms with van der Waals surface area (Å²) in [6.45, 7) is -1.31.